The summed E-state index contributed by atoms with van der Waals surface area (Å²) in [6.45, 7) is 8.90. The number of aryl methyl sites for hydroxylation is 2. The molecule has 0 bridgehead atoms. The Morgan fingerprint density at radius 2 is 1.77 bits per heavy atom. The summed E-state index contributed by atoms with van der Waals surface area (Å²) in [6, 6.07) is 13.2. The molecule has 1 heterocycles. The van der Waals surface area contributed by atoms with Gasteiger partial charge in [0.2, 0.25) is 15.9 Å². The first-order valence-electron chi connectivity index (χ1n) is 10.7. The maximum Gasteiger partial charge on any atom is 0.243 e. The third-order valence-corrected chi connectivity index (χ3v) is 8.20. The molecular weight excluding hydrogens is 396 g/mol. The van der Waals surface area contributed by atoms with E-state index in [1.807, 2.05) is 38.1 Å². The van der Waals surface area contributed by atoms with Gasteiger partial charge in [0.25, 0.3) is 0 Å². The number of benzene rings is 2. The normalized spacial score (nSPS) is 16.9. The van der Waals surface area contributed by atoms with Gasteiger partial charge in [0.05, 0.1) is 4.90 Å². The predicted molar refractivity (Wildman–Crippen MR) is 121 cm³/mol. The average Bonchev–Trinajstić information content (AvgIpc) is 2.75. The highest BCUT2D eigenvalue weighted by Gasteiger charge is 2.32. The number of nitrogens with zero attached hydrogens (tertiary/aromatic N) is 1. The minimum absolute atomic E-state index is 0.0195. The molecule has 0 aromatic heterocycles. The van der Waals surface area contributed by atoms with Gasteiger partial charge in [0, 0.05) is 24.7 Å². The second-order valence-electron chi connectivity index (χ2n) is 8.31. The first-order valence-corrected chi connectivity index (χ1v) is 12.1. The van der Waals surface area contributed by atoms with E-state index in [1.165, 1.54) is 4.31 Å². The van der Waals surface area contributed by atoms with Crippen LogP contribution in [0, 0.1) is 19.8 Å². The smallest absolute Gasteiger partial charge is 0.243 e. The standard InChI is InChI=1S/C24H32N2O3S/c1-5-17(2)22-8-6-7-9-23(22)25-24(27)20-12-14-26(15-13-20)30(28,29)21-11-10-18(3)19(4)16-21/h6-11,16-17,20H,5,12-15H2,1-4H3,(H,25,27)/t17-/m1/s1. The Morgan fingerprint density at radius 3 is 2.40 bits per heavy atom. The van der Waals surface area contributed by atoms with Crippen LogP contribution in [0.3, 0.4) is 0 Å². The maximum absolute atomic E-state index is 13.0. The molecule has 5 nitrogen and oxygen atoms in total. The molecule has 1 aliphatic heterocycles. The van der Waals surface area contributed by atoms with Gasteiger partial charge in [-0.15, -0.1) is 0 Å². The molecule has 1 saturated heterocycles. The van der Waals surface area contributed by atoms with Crippen LogP contribution in [0.5, 0.6) is 0 Å². The van der Waals surface area contributed by atoms with Crippen LogP contribution in [-0.2, 0) is 14.8 Å². The fourth-order valence-corrected chi connectivity index (χ4v) is 5.43. The van der Waals surface area contributed by atoms with E-state index < -0.39 is 10.0 Å². The highest BCUT2D eigenvalue weighted by molar-refractivity contribution is 7.89. The van der Waals surface area contributed by atoms with Crippen molar-refractivity contribution in [1.29, 1.82) is 0 Å². The SMILES string of the molecule is CC[C@@H](C)c1ccccc1NC(=O)C1CCN(S(=O)(=O)c2ccc(C)c(C)c2)CC1. The molecule has 0 radical (unpaired) electrons. The summed E-state index contributed by atoms with van der Waals surface area (Å²) >= 11 is 0. The Bertz CT molecular complexity index is 1010. The molecule has 6 heteroatoms. The molecule has 1 N–H and O–H groups in total. The van der Waals surface area contributed by atoms with Crippen LogP contribution in [-0.4, -0.2) is 31.7 Å². The fraction of sp³-hybridized carbons (Fsp3) is 0.458. The highest BCUT2D eigenvalue weighted by Crippen LogP contribution is 2.29. The molecule has 1 aliphatic rings. The van der Waals surface area contributed by atoms with Gasteiger partial charge in [-0.2, -0.15) is 4.31 Å². The van der Waals surface area contributed by atoms with Crippen LogP contribution in [0.15, 0.2) is 47.4 Å². The quantitative estimate of drug-likeness (QED) is 0.715. The Morgan fingerprint density at radius 1 is 1.10 bits per heavy atom. The zero-order chi connectivity index (χ0) is 21.9. The number of hydrogen-bond donors (Lipinski definition) is 1. The van der Waals surface area contributed by atoms with Gasteiger partial charge in [-0.3, -0.25) is 4.79 Å². The number of nitrogens with one attached hydrogen (secondary N) is 1. The van der Waals surface area contributed by atoms with Crippen molar-refractivity contribution in [2.24, 2.45) is 5.92 Å². The van der Waals surface area contributed by atoms with Gasteiger partial charge in [0.15, 0.2) is 0 Å². The van der Waals surface area contributed by atoms with Crippen molar-refractivity contribution >= 4 is 21.6 Å². The summed E-state index contributed by atoms with van der Waals surface area (Å²) < 4.78 is 27.5. The summed E-state index contributed by atoms with van der Waals surface area (Å²) in [5, 5.41) is 3.09. The number of anilines is 1. The Labute approximate surface area is 180 Å². The number of amides is 1. The van der Waals surface area contributed by atoms with E-state index in [2.05, 4.69) is 25.2 Å². The molecule has 0 spiro atoms. The lowest BCUT2D eigenvalue weighted by molar-refractivity contribution is -0.120. The summed E-state index contributed by atoms with van der Waals surface area (Å²) in [7, 11) is -3.53. The molecule has 2 aromatic carbocycles. The summed E-state index contributed by atoms with van der Waals surface area (Å²) in [5.74, 6) is 0.168. The van der Waals surface area contributed by atoms with Crippen LogP contribution >= 0.6 is 0 Å². The van der Waals surface area contributed by atoms with Crippen molar-refractivity contribution in [2.75, 3.05) is 18.4 Å². The summed E-state index contributed by atoms with van der Waals surface area (Å²) in [6.07, 6.45) is 2.06. The van der Waals surface area contributed by atoms with Crippen LogP contribution in [0.25, 0.3) is 0 Å². The summed E-state index contributed by atoms with van der Waals surface area (Å²) in [4.78, 5) is 13.2. The van der Waals surface area contributed by atoms with Crippen molar-refractivity contribution in [1.82, 2.24) is 4.31 Å². The van der Waals surface area contributed by atoms with E-state index in [4.69, 9.17) is 0 Å². The molecule has 30 heavy (non-hydrogen) atoms. The zero-order valence-electron chi connectivity index (χ0n) is 18.3. The predicted octanol–water partition coefficient (Wildman–Crippen LogP) is 4.86. The largest absolute Gasteiger partial charge is 0.326 e. The number of carbonyl (C=O) groups excluding carboxylic acids is 1. The van der Waals surface area contributed by atoms with Gasteiger partial charge in [-0.25, -0.2) is 8.42 Å². The molecule has 0 unspecified atom stereocenters. The van der Waals surface area contributed by atoms with Gasteiger partial charge >= 0.3 is 0 Å². The molecule has 162 valence electrons. The van der Waals surface area contributed by atoms with Crippen molar-refractivity contribution in [3.8, 4) is 0 Å². The van der Waals surface area contributed by atoms with Crippen molar-refractivity contribution in [3.63, 3.8) is 0 Å². The molecular formula is C24H32N2O3S. The number of sulfonamides is 1. The lowest BCUT2D eigenvalue weighted by Gasteiger charge is -2.31. The number of rotatable bonds is 6. The van der Waals surface area contributed by atoms with Crippen LogP contribution in [0.4, 0.5) is 5.69 Å². The Kier molecular flexibility index (Phi) is 6.98. The van der Waals surface area contributed by atoms with E-state index in [1.54, 1.807) is 12.1 Å². The second-order valence-corrected chi connectivity index (χ2v) is 10.2. The minimum Gasteiger partial charge on any atom is -0.326 e. The Balaban J connectivity index is 1.65. The molecule has 1 amide bonds. The lowest BCUT2D eigenvalue weighted by Crippen LogP contribution is -2.41. The molecule has 0 saturated carbocycles. The van der Waals surface area contributed by atoms with E-state index in [0.29, 0.717) is 36.7 Å². The number of piperidine rings is 1. The fourth-order valence-electron chi connectivity index (χ4n) is 3.88. The third-order valence-electron chi connectivity index (χ3n) is 6.30. The van der Waals surface area contributed by atoms with E-state index >= 15 is 0 Å². The number of hydrogen-bond acceptors (Lipinski definition) is 3. The maximum atomic E-state index is 13.0. The zero-order valence-corrected chi connectivity index (χ0v) is 19.1. The van der Waals surface area contributed by atoms with Crippen molar-refractivity contribution in [2.45, 2.75) is 57.8 Å². The van der Waals surface area contributed by atoms with Crippen LogP contribution in [0.2, 0.25) is 0 Å². The van der Waals surface area contributed by atoms with Gasteiger partial charge < -0.3 is 5.32 Å². The van der Waals surface area contributed by atoms with Gasteiger partial charge in [0.1, 0.15) is 0 Å². The average molecular weight is 429 g/mol. The highest BCUT2D eigenvalue weighted by atomic mass is 32.2. The van der Waals surface area contributed by atoms with E-state index in [-0.39, 0.29) is 11.8 Å². The van der Waals surface area contributed by atoms with Gasteiger partial charge in [-0.05, 0) is 73.9 Å². The molecule has 0 aliphatic carbocycles. The third kappa shape index (κ3) is 4.76. The topological polar surface area (TPSA) is 66.5 Å². The molecule has 3 rings (SSSR count). The second kappa shape index (κ2) is 9.31. The number of carbonyl (C=O) groups is 1. The Hall–Kier alpha value is -2.18. The monoisotopic (exact) mass is 428 g/mol. The lowest BCUT2D eigenvalue weighted by atomic mass is 9.94. The first kappa shape index (κ1) is 22.5. The van der Waals surface area contributed by atoms with Crippen molar-refractivity contribution in [3.05, 3.63) is 59.2 Å². The summed E-state index contributed by atoms with van der Waals surface area (Å²) in [5.41, 5.74) is 4.04. The van der Waals surface area contributed by atoms with E-state index in [0.717, 1.165) is 28.8 Å². The minimum atomic E-state index is -3.53. The van der Waals surface area contributed by atoms with E-state index in [9.17, 15) is 13.2 Å². The van der Waals surface area contributed by atoms with Crippen LogP contribution in [0.1, 0.15) is 55.7 Å². The van der Waals surface area contributed by atoms with Gasteiger partial charge in [-0.1, -0.05) is 38.1 Å². The van der Waals surface area contributed by atoms with Crippen LogP contribution < -0.4 is 5.32 Å². The molecule has 1 atom stereocenters. The van der Waals surface area contributed by atoms with Crippen molar-refractivity contribution < 1.29 is 13.2 Å². The number of para-hydroxylation sites is 1. The molecule has 1 fully saturated rings. The first-order chi connectivity index (χ1) is 14.2. The molecule has 2 aromatic rings.